The molecule has 2 aromatic carbocycles. The molecule has 0 heterocycles. The van der Waals surface area contributed by atoms with Crippen molar-refractivity contribution >= 4 is 23.5 Å². The topological polar surface area (TPSA) is 57.6 Å². The van der Waals surface area contributed by atoms with Crippen LogP contribution in [0.4, 0.5) is 0 Å². The first-order valence-corrected chi connectivity index (χ1v) is 6.74. The molecule has 0 bridgehead atoms. The molecule has 0 aliphatic carbocycles. The summed E-state index contributed by atoms with van der Waals surface area (Å²) < 4.78 is 0. The van der Waals surface area contributed by atoms with Crippen molar-refractivity contribution in [3.05, 3.63) is 70.7 Å². The Balaban J connectivity index is 2.20. The Labute approximate surface area is 127 Å². The maximum Gasteiger partial charge on any atom is 0.323 e. The van der Waals surface area contributed by atoms with Crippen LogP contribution in [-0.4, -0.2) is 28.4 Å². The molecule has 2 rings (SSSR count). The molecule has 4 nitrogen and oxygen atoms in total. The highest BCUT2D eigenvalue weighted by Gasteiger charge is 2.18. The average molecular weight is 304 g/mol. The molecular weight excluding hydrogens is 290 g/mol. The number of rotatable bonds is 5. The zero-order valence-corrected chi connectivity index (χ0v) is 12.0. The van der Waals surface area contributed by atoms with Crippen molar-refractivity contribution in [2.45, 2.75) is 6.54 Å². The second-order valence-electron chi connectivity index (χ2n) is 4.55. The number of aliphatic carboxylic acids is 1. The summed E-state index contributed by atoms with van der Waals surface area (Å²) in [6.45, 7) is -0.106. The third-order valence-corrected chi connectivity index (χ3v) is 3.17. The van der Waals surface area contributed by atoms with Crippen molar-refractivity contribution in [2.24, 2.45) is 0 Å². The predicted molar refractivity (Wildman–Crippen MR) is 80.3 cm³/mol. The number of carboxylic acids is 1. The van der Waals surface area contributed by atoms with Crippen LogP contribution in [0.5, 0.6) is 0 Å². The quantitative estimate of drug-likeness (QED) is 0.923. The first-order chi connectivity index (χ1) is 10.1. The van der Waals surface area contributed by atoms with Crippen LogP contribution in [0.3, 0.4) is 0 Å². The molecule has 0 aliphatic heterocycles. The standard InChI is InChI=1S/C16H14ClNO3/c17-14-8-6-13(7-9-14)16(21)18(11-15(19)20)10-12-4-2-1-3-5-12/h1-9H,10-11H2,(H,19,20). The van der Waals surface area contributed by atoms with Gasteiger partial charge in [0.15, 0.2) is 0 Å². The van der Waals surface area contributed by atoms with Gasteiger partial charge in [-0.3, -0.25) is 9.59 Å². The fourth-order valence-electron chi connectivity index (χ4n) is 1.94. The highest BCUT2D eigenvalue weighted by Crippen LogP contribution is 2.13. The molecule has 0 aromatic heterocycles. The van der Waals surface area contributed by atoms with E-state index in [1.54, 1.807) is 24.3 Å². The summed E-state index contributed by atoms with van der Waals surface area (Å²) in [5, 5.41) is 9.51. The summed E-state index contributed by atoms with van der Waals surface area (Å²) in [5.41, 5.74) is 1.29. The number of carbonyl (C=O) groups is 2. The van der Waals surface area contributed by atoms with E-state index < -0.39 is 5.97 Å². The molecule has 0 saturated carbocycles. The molecule has 0 radical (unpaired) electrons. The van der Waals surface area contributed by atoms with Crippen LogP contribution in [0.15, 0.2) is 54.6 Å². The van der Waals surface area contributed by atoms with Crippen LogP contribution in [-0.2, 0) is 11.3 Å². The molecule has 0 unspecified atom stereocenters. The van der Waals surface area contributed by atoms with E-state index in [1.807, 2.05) is 30.3 Å². The third-order valence-electron chi connectivity index (χ3n) is 2.92. The Morgan fingerprint density at radius 3 is 2.19 bits per heavy atom. The van der Waals surface area contributed by atoms with Gasteiger partial charge in [0.05, 0.1) is 0 Å². The molecule has 108 valence electrons. The van der Waals surface area contributed by atoms with Gasteiger partial charge in [0, 0.05) is 17.1 Å². The van der Waals surface area contributed by atoms with Gasteiger partial charge in [-0.25, -0.2) is 0 Å². The lowest BCUT2D eigenvalue weighted by Crippen LogP contribution is -2.35. The number of carboxylic acid groups (broad SMARTS) is 1. The SMILES string of the molecule is O=C(O)CN(Cc1ccccc1)C(=O)c1ccc(Cl)cc1. The van der Waals surface area contributed by atoms with Gasteiger partial charge in [-0.1, -0.05) is 41.9 Å². The van der Waals surface area contributed by atoms with E-state index in [2.05, 4.69) is 0 Å². The molecule has 0 aliphatic rings. The van der Waals surface area contributed by atoms with Crippen molar-refractivity contribution in [1.82, 2.24) is 4.90 Å². The smallest absolute Gasteiger partial charge is 0.323 e. The van der Waals surface area contributed by atoms with Gasteiger partial charge in [-0.05, 0) is 29.8 Å². The fourth-order valence-corrected chi connectivity index (χ4v) is 2.07. The number of amides is 1. The molecule has 0 atom stereocenters. The van der Waals surface area contributed by atoms with Crippen LogP contribution < -0.4 is 0 Å². The molecule has 5 heteroatoms. The summed E-state index contributed by atoms with van der Waals surface area (Å²) in [6, 6.07) is 15.7. The van der Waals surface area contributed by atoms with Crippen molar-refractivity contribution in [1.29, 1.82) is 0 Å². The van der Waals surface area contributed by atoms with Gasteiger partial charge in [-0.15, -0.1) is 0 Å². The Kier molecular flexibility index (Phi) is 4.95. The van der Waals surface area contributed by atoms with Crippen molar-refractivity contribution in [3.63, 3.8) is 0 Å². The number of nitrogens with zero attached hydrogens (tertiary/aromatic N) is 1. The van der Waals surface area contributed by atoms with Crippen molar-refractivity contribution in [3.8, 4) is 0 Å². The van der Waals surface area contributed by atoms with Gasteiger partial charge in [0.1, 0.15) is 6.54 Å². The highest BCUT2D eigenvalue weighted by molar-refractivity contribution is 6.30. The summed E-state index contributed by atoms with van der Waals surface area (Å²) in [7, 11) is 0. The molecule has 21 heavy (non-hydrogen) atoms. The van der Waals surface area contributed by atoms with Crippen LogP contribution in [0.1, 0.15) is 15.9 Å². The molecule has 0 saturated heterocycles. The van der Waals surface area contributed by atoms with E-state index in [1.165, 1.54) is 4.90 Å². The summed E-state index contributed by atoms with van der Waals surface area (Å²) in [4.78, 5) is 24.7. The van der Waals surface area contributed by atoms with E-state index >= 15 is 0 Å². The monoisotopic (exact) mass is 303 g/mol. The van der Waals surface area contributed by atoms with Gasteiger partial charge in [0.2, 0.25) is 0 Å². The van der Waals surface area contributed by atoms with Gasteiger partial charge >= 0.3 is 5.97 Å². The number of hydrogen-bond donors (Lipinski definition) is 1. The molecule has 0 spiro atoms. The number of halogens is 1. The maximum atomic E-state index is 12.4. The van der Waals surface area contributed by atoms with Crippen molar-refractivity contribution < 1.29 is 14.7 Å². The zero-order valence-electron chi connectivity index (χ0n) is 11.2. The Hall–Kier alpha value is -2.33. The minimum atomic E-state index is -1.05. The summed E-state index contributed by atoms with van der Waals surface area (Å²) in [5.74, 6) is -1.38. The van der Waals surface area contributed by atoms with Crippen LogP contribution in [0.2, 0.25) is 5.02 Å². The highest BCUT2D eigenvalue weighted by atomic mass is 35.5. The van der Waals surface area contributed by atoms with Crippen molar-refractivity contribution in [2.75, 3.05) is 6.54 Å². The van der Waals surface area contributed by atoms with Gasteiger partial charge < -0.3 is 10.0 Å². The minimum absolute atomic E-state index is 0.245. The van der Waals surface area contributed by atoms with Gasteiger partial charge in [0.25, 0.3) is 5.91 Å². The predicted octanol–water partition coefficient (Wildman–Crippen LogP) is 3.07. The van der Waals surface area contributed by atoms with E-state index in [9.17, 15) is 9.59 Å². The lowest BCUT2D eigenvalue weighted by Gasteiger charge is -2.21. The van der Waals surface area contributed by atoms with Crippen LogP contribution in [0.25, 0.3) is 0 Å². The number of hydrogen-bond acceptors (Lipinski definition) is 2. The normalized spacial score (nSPS) is 10.1. The second-order valence-corrected chi connectivity index (χ2v) is 4.98. The summed E-state index contributed by atoms with van der Waals surface area (Å²) in [6.07, 6.45) is 0. The minimum Gasteiger partial charge on any atom is -0.480 e. The molecule has 2 aromatic rings. The summed E-state index contributed by atoms with van der Waals surface area (Å²) >= 11 is 5.79. The maximum absolute atomic E-state index is 12.4. The third kappa shape index (κ3) is 4.33. The lowest BCUT2D eigenvalue weighted by molar-refractivity contribution is -0.137. The number of benzene rings is 2. The average Bonchev–Trinajstić information content (AvgIpc) is 2.47. The Morgan fingerprint density at radius 2 is 1.62 bits per heavy atom. The Bertz CT molecular complexity index is 626. The van der Waals surface area contributed by atoms with E-state index in [0.717, 1.165) is 5.56 Å². The molecular formula is C16H14ClNO3. The molecule has 1 N–H and O–H groups in total. The zero-order chi connectivity index (χ0) is 15.2. The second kappa shape index (κ2) is 6.90. The van der Waals surface area contributed by atoms with E-state index in [0.29, 0.717) is 10.6 Å². The lowest BCUT2D eigenvalue weighted by atomic mass is 10.1. The van der Waals surface area contributed by atoms with Gasteiger partial charge in [-0.2, -0.15) is 0 Å². The molecule has 1 amide bonds. The largest absolute Gasteiger partial charge is 0.480 e. The van der Waals surface area contributed by atoms with E-state index in [4.69, 9.17) is 16.7 Å². The first-order valence-electron chi connectivity index (χ1n) is 6.37. The van der Waals surface area contributed by atoms with E-state index in [-0.39, 0.29) is 19.0 Å². The van der Waals surface area contributed by atoms with Crippen LogP contribution >= 0.6 is 11.6 Å². The Morgan fingerprint density at radius 1 is 1.00 bits per heavy atom. The molecule has 0 fully saturated rings. The van der Waals surface area contributed by atoms with Crippen LogP contribution in [0, 0.1) is 0 Å². The first kappa shape index (κ1) is 15.1. The fraction of sp³-hybridized carbons (Fsp3) is 0.125. The number of carbonyl (C=O) groups excluding carboxylic acids is 1.